The predicted octanol–water partition coefficient (Wildman–Crippen LogP) is 3.57. The number of nitrogens with zero attached hydrogens (tertiary/aromatic N) is 2. The smallest absolute Gasteiger partial charge is 0.255 e. The van der Waals surface area contributed by atoms with Crippen LogP contribution in [0.4, 0.5) is 10.1 Å². The van der Waals surface area contributed by atoms with Crippen LogP contribution in [-0.4, -0.2) is 66.8 Å². The lowest BCUT2D eigenvalue weighted by atomic mass is 10.0. The molecule has 186 valence electrons. The van der Waals surface area contributed by atoms with Crippen LogP contribution in [0.2, 0.25) is 5.02 Å². The number of rotatable bonds is 7. The highest BCUT2D eigenvalue weighted by atomic mass is 35.5. The highest BCUT2D eigenvalue weighted by Crippen LogP contribution is 2.33. The summed E-state index contributed by atoms with van der Waals surface area (Å²) >= 11 is 6.11. The van der Waals surface area contributed by atoms with E-state index in [1.807, 2.05) is 13.0 Å². The van der Waals surface area contributed by atoms with Crippen molar-refractivity contribution in [2.24, 2.45) is 11.8 Å². The molecule has 2 aromatic carbocycles. The van der Waals surface area contributed by atoms with Gasteiger partial charge in [-0.2, -0.15) is 0 Å². The molecule has 2 heterocycles. The van der Waals surface area contributed by atoms with Gasteiger partial charge in [0.25, 0.3) is 11.8 Å². The lowest BCUT2D eigenvalue weighted by Crippen LogP contribution is -2.34. The molecule has 2 saturated heterocycles. The van der Waals surface area contributed by atoms with Crippen molar-refractivity contribution in [3.63, 3.8) is 0 Å². The van der Waals surface area contributed by atoms with E-state index in [0.29, 0.717) is 47.6 Å². The quantitative estimate of drug-likeness (QED) is 0.569. The Balaban J connectivity index is 1.23. The fourth-order valence-corrected chi connectivity index (χ4v) is 5.13. The van der Waals surface area contributed by atoms with Crippen molar-refractivity contribution >= 4 is 35.0 Å². The molecule has 2 fully saturated rings. The van der Waals surface area contributed by atoms with E-state index in [0.717, 1.165) is 31.6 Å². The average Bonchev–Trinajstić information content (AvgIpc) is 3.36. The minimum Gasteiger partial charge on any atom is -0.352 e. The molecule has 7 nitrogen and oxygen atoms in total. The summed E-state index contributed by atoms with van der Waals surface area (Å²) in [7, 11) is 0. The van der Waals surface area contributed by atoms with Crippen molar-refractivity contribution in [1.82, 2.24) is 15.1 Å². The molecule has 0 bridgehead atoms. The number of amides is 3. The molecule has 2 aromatic rings. The number of aryl methyl sites for hydroxylation is 1. The summed E-state index contributed by atoms with van der Waals surface area (Å²) in [6.45, 7) is 7.77. The fraction of sp³-hybridized carbons (Fsp3) is 0.423. The molecule has 35 heavy (non-hydrogen) atoms. The van der Waals surface area contributed by atoms with Gasteiger partial charge in [0.2, 0.25) is 5.91 Å². The Morgan fingerprint density at radius 2 is 1.77 bits per heavy atom. The predicted molar refractivity (Wildman–Crippen MR) is 133 cm³/mol. The summed E-state index contributed by atoms with van der Waals surface area (Å²) in [5.74, 6) is -0.399. The highest BCUT2D eigenvalue weighted by molar-refractivity contribution is 6.31. The molecule has 2 aliphatic rings. The number of benzene rings is 2. The molecule has 2 atom stereocenters. The number of anilines is 1. The van der Waals surface area contributed by atoms with E-state index in [4.69, 9.17) is 11.6 Å². The van der Waals surface area contributed by atoms with E-state index in [1.54, 1.807) is 17.0 Å². The molecule has 2 aliphatic heterocycles. The summed E-state index contributed by atoms with van der Waals surface area (Å²) in [6, 6.07) is 9.15. The molecule has 0 radical (unpaired) electrons. The summed E-state index contributed by atoms with van der Waals surface area (Å²) in [5.41, 5.74) is 2.01. The molecule has 4 rings (SSSR count). The second-order valence-corrected chi connectivity index (χ2v) is 9.84. The summed E-state index contributed by atoms with van der Waals surface area (Å²) in [5, 5.41) is 6.09. The third-order valence-electron chi connectivity index (χ3n) is 6.74. The summed E-state index contributed by atoms with van der Waals surface area (Å²) in [6.07, 6.45) is 0.836. The van der Waals surface area contributed by atoms with Crippen molar-refractivity contribution in [1.29, 1.82) is 0 Å². The van der Waals surface area contributed by atoms with Crippen LogP contribution in [-0.2, 0) is 4.79 Å². The van der Waals surface area contributed by atoms with E-state index >= 15 is 0 Å². The van der Waals surface area contributed by atoms with Crippen molar-refractivity contribution in [2.75, 3.05) is 44.6 Å². The Kier molecular flexibility index (Phi) is 7.72. The van der Waals surface area contributed by atoms with Crippen molar-refractivity contribution < 1.29 is 18.8 Å². The van der Waals surface area contributed by atoms with Gasteiger partial charge in [0.15, 0.2) is 0 Å². The Morgan fingerprint density at radius 3 is 2.43 bits per heavy atom. The molecule has 2 N–H and O–H groups in total. The van der Waals surface area contributed by atoms with Gasteiger partial charge in [-0.1, -0.05) is 17.7 Å². The minimum atomic E-state index is -0.502. The first kappa shape index (κ1) is 25.1. The molecule has 2 unspecified atom stereocenters. The molecule has 0 aromatic heterocycles. The Morgan fingerprint density at radius 1 is 1.06 bits per heavy atom. The van der Waals surface area contributed by atoms with Gasteiger partial charge in [0.1, 0.15) is 5.82 Å². The van der Waals surface area contributed by atoms with Crippen LogP contribution in [0.3, 0.4) is 0 Å². The number of halogens is 2. The van der Waals surface area contributed by atoms with Crippen molar-refractivity contribution in [3.05, 3.63) is 63.9 Å². The molecular weight excluding hydrogens is 471 g/mol. The molecule has 0 spiro atoms. The lowest BCUT2D eigenvalue weighted by Gasteiger charge is -2.22. The number of hydrogen-bond acceptors (Lipinski definition) is 4. The Bertz CT molecular complexity index is 1130. The zero-order valence-electron chi connectivity index (χ0n) is 19.9. The topological polar surface area (TPSA) is 81.8 Å². The number of hydrogen-bond donors (Lipinski definition) is 2. The molecule has 9 heteroatoms. The summed E-state index contributed by atoms with van der Waals surface area (Å²) in [4.78, 5) is 41.1. The number of carbonyl (C=O) groups excluding carboxylic acids is 3. The van der Waals surface area contributed by atoms with Gasteiger partial charge in [-0.05, 0) is 67.6 Å². The van der Waals surface area contributed by atoms with Crippen LogP contribution >= 0.6 is 11.6 Å². The van der Waals surface area contributed by atoms with Gasteiger partial charge >= 0.3 is 0 Å². The maximum atomic E-state index is 13.6. The van der Waals surface area contributed by atoms with Gasteiger partial charge in [0, 0.05) is 50.2 Å². The monoisotopic (exact) mass is 500 g/mol. The number of likely N-dealkylation sites (tertiary alicyclic amines) is 2. The SMILES string of the molecule is CC(=O)Nc1cc(F)ccc1C(=O)N1CC2CN(CCCNC(=O)c3ccc(C)c(Cl)c3)CC2C1. The zero-order chi connectivity index (χ0) is 25.1. The zero-order valence-corrected chi connectivity index (χ0v) is 20.7. The summed E-state index contributed by atoms with van der Waals surface area (Å²) < 4.78 is 13.6. The first-order valence-corrected chi connectivity index (χ1v) is 12.2. The van der Waals surface area contributed by atoms with Gasteiger partial charge in [-0.3, -0.25) is 14.4 Å². The standard InChI is InChI=1S/C26H30ClFN4O3/c1-16-4-5-18(10-23(16)27)25(34)29-8-3-9-31-12-19-14-32(15-20(19)13-31)26(35)22-7-6-21(28)11-24(22)30-17(2)33/h4-7,10-11,19-20H,3,8-9,12-15H2,1-2H3,(H,29,34)(H,30,33). The van der Waals surface area contributed by atoms with E-state index in [2.05, 4.69) is 15.5 Å². The number of fused-ring (bicyclic) bond motifs is 1. The maximum absolute atomic E-state index is 13.6. The largest absolute Gasteiger partial charge is 0.352 e. The highest BCUT2D eigenvalue weighted by Gasteiger charge is 2.41. The van der Waals surface area contributed by atoms with E-state index in [-0.39, 0.29) is 23.4 Å². The van der Waals surface area contributed by atoms with E-state index in [1.165, 1.54) is 25.1 Å². The molecule has 3 amide bonds. The second kappa shape index (κ2) is 10.7. The molecule has 0 saturated carbocycles. The van der Waals surface area contributed by atoms with Gasteiger partial charge in [-0.25, -0.2) is 4.39 Å². The van der Waals surface area contributed by atoms with Crippen molar-refractivity contribution in [2.45, 2.75) is 20.3 Å². The van der Waals surface area contributed by atoms with Crippen LogP contribution in [0.25, 0.3) is 0 Å². The number of carbonyl (C=O) groups is 3. The fourth-order valence-electron chi connectivity index (χ4n) is 4.95. The van der Waals surface area contributed by atoms with E-state index in [9.17, 15) is 18.8 Å². The van der Waals surface area contributed by atoms with Crippen molar-refractivity contribution in [3.8, 4) is 0 Å². The van der Waals surface area contributed by atoms with Gasteiger partial charge in [0.05, 0.1) is 11.3 Å². The van der Waals surface area contributed by atoms with Gasteiger partial charge < -0.3 is 20.4 Å². The Labute approximate surface area is 209 Å². The van der Waals surface area contributed by atoms with Crippen LogP contribution in [0, 0.1) is 24.6 Å². The second-order valence-electron chi connectivity index (χ2n) is 9.43. The van der Waals surface area contributed by atoms with Crippen LogP contribution in [0.15, 0.2) is 36.4 Å². The van der Waals surface area contributed by atoms with Crippen LogP contribution in [0.1, 0.15) is 39.6 Å². The average molecular weight is 501 g/mol. The third-order valence-corrected chi connectivity index (χ3v) is 7.15. The first-order chi connectivity index (χ1) is 16.7. The minimum absolute atomic E-state index is 0.126. The third kappa shape index (κ3) is 6.00. The van der Waals surface area contributed by atoms with Gasteiger partial charge in [-0.15, -0.1) is 0 Å². The molecular formula is C26H30ClFN4O3. The molecule has 0 aliphatic carbocycles. The maximum Gasteiger partial charge on any atom is 0.255 e. The normalized spacial score (nSPS) is 19.5. The van der Waals surface area contributed by atoms with E-state index < -0.39 is 5.82 Å². The van der Waals surface area contributed by atoms with Crippen LogP contribution in [0.5, 0.6) is 0 Å². The van der Waals surface area contributed by atoms with Crippen LogP contribution < -0.4 is 10.6 Å². The first-order valence-electron chi connectivity index (χ1n) is 11.8. The Hall–Kier alpha value is -2.97. The lowest BCUT2D eigenvalue weighted by molar-refractivity contribution is -0.114. The number of nitrogens with one attached hydrogen (secondary N) is 2.